The molecule has 3 heterocycles. The van der Waals surface area contributed by atoms with E-state index in [9.17, 15) is 0 Å². The first-order valence-corrected chi connectivity index (χ1v) is 9.24. The van der Waals surface area contributed by atoms with Gasteiger partial charge in [0.05, 0.1) is 5.39 Å². The molecule has 0 atom stereocenters. The molecule has 112 valence electrons. The smallest absolute Gasteiger partial charge is 0.141 e. The zero-order valence-corrected chi connectivity index (χ0v) is 13.6. The first kappa shape index (κ1) is 13.5. The van der Waals surface area contributed by atoms with Gasteiger partial charge in [-0.15, -0.1) is 11.3 Å². The summed E-state index contributed by atoms with van der Waals surface area (Å²) in [5.41, 5.74) is 1.58. The third-order valence-electron chi connectivity index (χ3n) is 4.72. The van der Waals surface area contributed by atoms with Crippen molar-refractivity contribution in [2.45, 2.75) is 58.3 Å². The minimum atomic E-state index is 0.999. The van der Waals surface area contributed by atoms with Gasteiger partial charge in [0.15, 0.2) is 0 Å². The topological polar surface area (TPSA) is 29.0 Å². The van der Waals surface area contributed by atoms with Crippen LogP contribution in [-0.2, 0) is 19.3 Å². The van der Waals surface area contributed by atoms with Gasteiger partial charge < -0.3 is 4.90 Å². The van der Waals surface area contributed by atoms with Crippen molar-refractivity contribution in [2.24, 2.45) is 0 Å². The van der Waals surface area contributed by atoms with Crippen LogP contribution in [0.5, 0.6) is 0 Å². The summed E-state index contributed by atoms with van der Waals surface area (Å²) in [4.78, 5) is 15.2. The van der Waals surface area contributed by atoms with Gasteiger partial charge in [-0.05, 0) is 50.5 Å². The van der Waals surface area contributed by atoms with Gasteiger partial charge >= 0.3 is 0 Å². The molecular formula is C17H23N3S. The molecule has 0 saturated carbocycles. The van der Waals surface area contributed by atoms with E-state index in [1.807, 2.05) is 11.3 Å². The van der Waals surface area contributed by atoms with Crippen LogP contribution in [0.2, 0.25) is 0 Å². The quantitative estimate of drug-likeness (QED) is 0.854. The van der Waals surface area contributed by atoms with E-state index in [0.717, 1.165) is 18.7 Å². The minimum absolute atomic E-state index is 0.999. The molecule has 0 bridgehead atoms. The van der Waals surface area contributed by atoms with Crippen LogP contribution in [0.15, 0.2) is 0 Å². The average molecular weight is 301 g/mol. The molecule has 2 aromatic rings. The predicted octanol–water partition coefficient (Wildman–Crippen LogP) is 4.12. The third-order valence-corrected chi connectivity index (χ3v) is 5.91. The number of thiophene rings is 1. The lowest BCUT2D eigenvalue weighted by molar-refractivity contribution is 0.700. The minimum Gasteiger partial charge on any atom is -0.356 e. The molecule has 0 unspecified atom stereocenters. The van der Waals surface area contributed by atoms with Crippen molar-refractivity contribution >= 4 is 27.4 Å². The summed E-state index contributed by atoms with van der Waals surface area (Å²) in [5, 5.41) is 1.40. The Hall–Kier alpha value is -1.16. The molecular weight excluding hydrogens is 278 g/mol. The van der Waals surface area contributed by atoms with Crippen molar-refractivity contribution in [1.82, 2.24) is 9.97 Å². The Morgan fingerprint density at radius 1 is 1.05 bits per heavy atom. The number of fused-ring (bicyclic) bond motifs is 3. The van der Waals surface area contributed by atoms with Crippen LogP contribution in [0.4, 0.5) is 5.82 Å². The zero-order chi connectivity index (χ0) is 14.2. The maximum Gasteiger partial charge on any atom is 0.141 e. The summed E-state index contributed by atoms with van der Waals surface area (Å²) in [6.07, 6.45) is 9.88. The summed E-state index contributed by atoms with van der Waals surface area (Å²) in [5.74, 6) is 2.30. The molecule has 0 N–H and O–H groups in total. The highest BCUT2D eigenvalue weighted by molar-refractivity contribution is 7.19. The van der Waals surface area contributed by atoms with Crippen LogP contribution in [0.25, 0.3) is 10.2 Å². The van der Waals surface area contributed by atoms with Crippen molar-refractivity contribution in [3.8, 4) is 0 Å². The molecule has 0 aromatic carbocycles. The fraction of sp³-hybridized carbons (Fsp3) is 0.647. The number of nitrogens with zero attached hydrogens (tertiary/aromatic N) is 3. The number of anilines is 1. The number of hydrogen-bond acceptors (Lipinski definition) is 4. The van der Waals surface area contributed by atoms with Gasteiger partial charge in [-0.1, -0.05) is 6.92 Å². The number of aryl methyl sites for hydroxylation is 3. The molecule has 0 radical (unpaired) electrons. The largest absolute Gasteiger partial charge is 0.356 e. The molecule has 1 saturated heterocycles. The van der Waals surface area contributed by atoms with Crippen LogP contribution in [-0.4, -0.2) is 23.1 Å². The predicted molar refractivity (Wildman–Crippen MR) is 89.5 cm³/mol. The Kier molecular flexibility index (Phi) is 3.57. The van der Waals surface area contributed by atoms with Crippen molar-refractivity contribution in [3.05, 3.63) is 16.3 Å². The maximum absolute atomic E-state index is 4.97. The lowest BCUT2D eigenvalue weighted by Gasteiger charge is -2.20. The van der Waals surface area contributed by atoms with Crippen LogP contribution in [0.1, 0.15) is 55.3 Å². The Labute approximate surface area is 130 Å². The second-order valence-corrected chi connectivity index (χ2v) is 7.38. The highest BCUT2D eigenvalue weighted by atomic mass is 32.1. The van der Waals surface area contributed by atoms with Gasteiger partial charge in [0.1, 0.15) is 16.5 Å². The molecule has 21 heavy (non-hydrogen) atoms. The number of aromatic nitrogens is 2. The van der Waals surface area contributed by atoms with E-state index in [-0.39, 0.29) is 0 Å². The molecule has 4 heteroatoms. The maximum atomic E-state index is 4.97. The summed E-state index contributed by atoms with van der Waals surface area (Å²) in [7, 11) is 0. The molecule has 2 aromatic heterocycles. The first-order valence-electron chi connectivity index (χ1n) is 8.43. The highest BCUT2D eigenvalue weighted by Crippen LogP contribution is 2.40. The Morgan fingerprint density at radius 2 is 1.86 bits per heavy atom. The van der Waals surface area contributed by atoms with Gasteiger partial charge in [0, 0.05) is 24.4 Å². The lowest BCUT2D eigenvalue weighted by Crippen LogP contribution is -2.20. The fourth-order valence-electron chi connectivity index (χ4n) is 3.67. The second-order valence-electron chi connectivity index (χ2n) is 6.30. The second kappa shape index (κ2) is 5.56. The summed E-state index contributed by atoms with van der Waals surface area (Å²) >= 11 is 1.93. The van der Waals surface area contributed by atoms with Crippen LogP contribution < -0.4 is 4.90 Å². The summed E-state index contributed by atoms with van der Waals surface area (Å²) in [6.45, 7) is 4.55. The van der Waals surface area contributed by atoms with Crippen molar-refractivity contribution < 1.29 is 0 Å². The monoisotopic (exact) mass is 301 g/mol. The van der Waals surface area contributed by atoms with E-state index in [0.29, 0.717) is 0 Å². The Balaban J connectivity index is 1.91. The van der Waals surface area contributed by atoms with Crippen molar-refractivity contribution in [2.75, 3.05) is 18.0 Å². The van der Waals surface area contributed by atoms with Gasteiger partial charge in [-0.25, -0.2) is 9.97 Å². The third kappa shape index (κ3) is 2.33. The molecule has 1 aliphatic carbocycles. The summed E-state index contributed by atoms with van der Waals surface area (Å²) < 4.78 is 0. The molecule has 1 aliphatic heterocycles. The SMILES string of the molecule is CCCc1nc(N2CCCC2)c2c3c(sc2n1)CCCC3. The standard InChI is InChI=1S/C17H23N3S/c1-2-7-14-18-16(20-10-5-6-11-20)15-12-8-3-4-9-13(12)21-17(15)19-14/h2-11H2,1H3. The summed E-state index contributed by atoms with van der Waals surface area (Å²) in [6, 6.07) is 0. The van der Waals surface area contributed by atoms with Crippen molar-refractivity contribution in [3.63, 3.8) is 0 Å². The van der Waals surface area contributed by atoms with E-state index in [4.69, 9.17) is 9.97 Å². The van der Waals surface area contributed by atoms with E-state index in [2.05, 4.69) is 11.8 Å². The van der Waals surface area contributed by atoms with Crippen LogP contribution in [0, 0.1) is 0 Å². The normalized spacial score (nSPS) is 18.4. The van der Waals surface area contributed by atoms with Crippen LogP contribution in [0.3, 0.4) is 0 Å². The Morgan fingerprint density at radius 3 is 2.67 bits per heavy atom. The van der Waals surface area contributed by atoms with E-state index in [1.165, 1.54) is 67.6 Å². The van der Waals surface area contributed by atoms with Crippen molar-refractivity contribution in [1.29, 1.82) is 0 Å². The first-order chi connectivity index (χ1) is 10.4. The molecule has 4 rings (SSSR count). The van der Waals surface area contributed by atoms with Gasteiger partial charge in [-0.2, -0.15) is 0 Å². The number of hydrogen-bond donors (Lipinski definition) is 0. The van der Waals surface area contributed by atoms with E-state index in [1.54, 1.807) is 10.4 Å². The highest BCUT2D eigenvalue weighted by Gasteiger charge is 2.24. The van der Waals surface area contributed by atoms with Gasteiger partial charge in [-0.3, -0.25) is 0 Å². The lowest BCUT2D eigenvalue weighted by atomic mass is 9.97. The molecule has 0 spiro atoms. The molecule has 0 amide bonds. The van der Waals surface area contributed by atoms with Gasteiger partial charge in [0.2, 0.25) is 0 Å². The zero-order valence-electron chi connectivity index (χ0n) is 12.8. The molecule has 1 fully saturated rings. The average Bonchev–Trinajstić information content (AvgIpc) is 3.14. The van der Waals surface area contributed by atoms with E-state index < -0.39 is 0 Å². The fourth-order valence-corrected chi connectivity index (χ4v) is 4.95. The van der Waals surface area contributed by atoms with E-state index >= 15 is 0 Å². The van der Waals surface area contributed by atoms with Crippen LogP contribution >= 0.6 is 11.3 Å². The molecule has 3 nitrogen and oxygen atoms in total. The van der Waals surface area contributed by atoms with Gasteiger partial charge in [0.25, 0.3) is 0 Å². The molecule has 2 aliphatic rings. The number of rotatable bonds is 3. The Bertz CT molecular complexity index is 656.